The van der Waals surface area contributed by atoms with Gasteiger partial charge < -0.3 is 20.5 Å². The van der Waals surface area contributed by atoms with E-state index in [1.807, 2.05) is 0 Å². The van der Waals surface area contributed by atoms with Crippen LogP contribution in [0.5, 0.6) is 0 Å². The normalized spacial score (nSPS) is 37.1. The van der Waals surface area contributed by atoms with Crippen LogP contribution < -0.4 is 11.3 Å². The number of hydrogen-bond donors (Lipinski definition) is 4. The Kier molecular flexibility index (Phi) is 3.10. The second kappa shape index (κ2) is 4.84. The number of aromatic amines is 1. The molecular weight excluding hydrogens is 333 g/mol. The number of aliphatic hydroxyl groups excluding tert-OH is 1. The van der Waals surface area contributed by atoms with Gasteiger partial charge in [0.1, 0.15) is 18.3 Å². The number of hydrogen-bond acceptors (Lipinski definition) is 9. The highest BCUT2D eigenvalue weighted by atomic mass is 31.2. The molecule has 0 radical (unpaired) electrons. The average molecular weight is 345 g/mol. The Morgan fingerprint density at radius 2 is 2.30 bits per heavy atom. The predicted molar refractivity (Wildman–Crippen MR) is 73.1 cm³/mol. The minimum Gasteiger partial charge on any atom is -0.386 e. The van der Waals surface area contributed by atoms with Crippen molar-refractivity contribution in [2.24, 2.45) is 0 Å². The number of ether oxygens (including phenoxy) is 1. The third kappa shape index (κ3) is 2.27. The van der Waals surface area contributed by atoms with E-state index in [1.165, 1.54) is 10.9 Å². The predicted octanol–water partition coefficient (Wildman–Crippen LogP) is -1.52. The molecule has 0 aromatic carbocycles. The molecule has 0 saturated carbocycles. The van der Waals surface area contributed by atoms with Crippen LogP contribution in [0.15, 0.2) is 11.1 Å². The van der Waals surface area contributed by atoms with Crippen LogP contribution in [-0.2, 0) is 18.3 Å². The summed E-state index contributed by atoms with van der Waals surface area (Å²) < 4.78 is 27.9. The van der Waals surface area contributed by atoms with Gasteiger partial charge in [-0.3, -0.25) is 23.4 Å². The van der Waals surface area contributed by atoms with Crippen molar-refractivity contribution in [3.63, 3.8) is 0 Å². The van der Waals surface area contributed by atoms with Gasteiger partial charge in [0.05, 0.1) is 12.9 Å². The van der Waals surface area contributed by atoms with Gasteiger partial charge in [0, 0.05) is 0 Å². The molecule has 0 aliphatic carbocycles. The van der Waals surface area contributed by atoms with Crippen molar-refractivity contribution in [1.82, 2.24) is 19.5 Å². The zero-order chi connectivity index (χ0) is 16.4. The van der Waals surface area contributed by atoms with E-state index in [2.05, 4.69) is 19.5 Å². The summed E-state index contributed by atoms with van der Waals surface area (Å²) in [7, 11) is -4.22. The minimum atomic E-state index is -4.22. The fourth-order valence-corrected chi connectivity index (χ4v) is 3.66. The summed E-state index contributed by atoms with van der Waals surface area (Å²) in [4.78, 5) is 31.3. The molecule has 0 spiro atoms. The summed E-state index contributed by atoms with van der Waals surface area (Å²) in [6.45, 7) is -0.214. The number of nitrogens with zero attached hydrogens (tertiary/aromatic N) is 3. The number of rotatable bonds is 1. The van der Waals surface area contributed by atoms with Crippen LogP contribution in [0.1, 0.15) is 6.23 Å². The molecule has 2 saturated heterocycles. The van der Waals surface area contributed by atoms with E-state index in [4.69, 9.17) is 15.0 Å². The molecule has 0 amide bonds. The maximum absolute atomic E-state index is 11.8. The fourth-order valence-electron chi connectivity index (χ4n) is 2.69. The number of nitrogens with one attached hydrogen (secondary N) is 1. The lowest BCUT2D eigenvalue weighted by Crippen LogP contribution is -2.39. The van der Waals surface area contributed by atoms with E-state index in [0.717, 1.165) is 0 Å². The van der Waals surface area contributed by atoms with Gasteiger partial charge in [-0.2, -0.15) is 4.98 Å². The van der Waals surface area contributed by atoms with Gasteiger partial charge >= 0.3 is 7.82 Å². The Labute approximate surface area is 127 Å². The topological polar surface area (TPSA) is 175 Å². The van der Waals surface area contributed by atoms with Crippen LogP contribution in [-0.4, -0.2) is 54.4 Å². The van der Waals surface area contributed by atoms with Crippen LogP contribution in [0, 0.1) is 0 Å². The van der Waals surface area contributed by atoms with Gasteiger partial charge in [0.2, 0.25) is 5.95 Å². The zero-order valence-electron chi connectivity index (χ0n) is 11.4. The molecule has 13 heteroatoms. The Morgan fingerprint density at radius 1 is 1.52 bits per heavy atom. The molecule has 2 aromatic heterocycles. The summed E-state index contributed by atoms with van der Waals surface area (Å²) in [5.41, 5.74) is 5.12. The molecule has 0 bridgehead atoms. The van der Waals surface area contributed by atoms with Crippen molar-refractivity contribution < 1.29 is 28.3 Å². The molecule has 5 N–H and O–H groups in total. The second-order valence-corrected chi connectivity index (χ2v) is 6.57. The Bertz CT molecular complexity index is 880. The molecule has 12 nitrogen and oxygen atoms in total. The first-order valence-electron chi connectivity index (χ1n) is 6.57. The molecule has 2 fully saturated rings. The van der Waals surface area contributed by atoms with Crippen LogP contribution in [0.2, 0.25) is 0 Å². The highest BCUT2D eigenvalue weighted by molar-refractivity contribution is 7.47. The second-order valence-electron chi connectivity index (χ2n) is 5.17. The van der Waals surface area contributed by atoms with Gasteiger partial charge in [-0.05, 0) is 0 Å². The Morgan fingerprint density at radius 3 is 3.09 bits per heavy atom. The van der Waals surface area contributed by atoms with Crippen LogP contribution in [0.25, 0.3) is 11.2 Å². The summed E-state index contributed by atoms with van der Waals surface area (Å²) in [6, 6.07) is 0. The SMILES string of the molecule is Nc1nc2c(ncn2[C@@H]2O[C@@H]3COP(=O)(O)O[C@H]3[C@@H]2O)c(=O)[nH]1. The van der Waals surface area contributed by atoms with Crippen molar-refractivity contribution in [3.8, 4) is 0 Å². The van der Waals surface area contributed by atoms with E-state index in [0.29, 0.717) is 0 Å². The maximum Gasteiger partial charge on any atom is 0.472 e. The third-order valence-electron chi connectivity index (χ3n) is 3.69. The monoisotopic (exact) mass is 345 g/mol. The molecular formula is C10H12N5O7P. The lowest BCUT2D eigenvalue weighted by molar-refractivity contribution is -0.0664. The van der Waals surface area contributed by atoms with Gasteiger partial charge in [0.25, 0.3) is 5.56 Å². The van der Waals surface area contributed by atoms with Crippen LogP contribution >= 0.6 is 7.82 Å². The Hall–Kier alpha value is -1.82. The highest BCUT2D eigenvalue weighted by Crippen LogP contribution is 2.52. The van der Waals surface area contributed by atoms with Crippen molar-refractivity contribution in [1.29, 1.82) is 0 Å². The number of phosphoric ester groups is 1. The number of nitrogen functional groups attached to an aromatic ring is 1. The van der Waals surface area contributed by atoms with Crippen LogP contribution in [0.3, 0.4) is 0 Å². The van der Waals surface area contributed by atoms with Crippen molar-refractivity contribution in [3.05, 3.63) is 16.7 Å². The summed E-state index contributed by atoms with van der Waals surface area (Å²) in [5, 5.41) is 10.4. The molecule has 5 atom stereocenters. The Balaban J connectivity index is 1.75. The zero-order valence-corrected chi connectivity index (χ0v) is 12.3. The summed E-state index contributed by atoms with van der Waals surface area (Å²) >= 11 is 0. The van der Waals surface area contributed by atoms with E-state index in [1.54, 1.807) is 0 Å². The maximum atomic E-state index is 11.8. The van der Waals surface area contributed by atoms with E-state index < -0.39 is 37.9 Å². The first kappa shape index (κ1) is 14.8. The van der Waals surface area contributed by atoms with Crippen molar-refractivity contribution in [2.75, 3.05) is 12.3 Å². The number of nitrogens with two attached hydrogens (primary N) is 1. The smallest absolute Gasteiger partial charge is 0.386 e. The number of fused-ring (bicyclic) bond motifs is 2. The number of imidazole rings is 1. The third-order valence-corrected chi connectivity index (χ3v) is 4.68. The molecule has 124 valence electrons. The number of phosphoric acid groups is 1. The highest BCUT2D eigenvalue weighted by Gasteiger charge is 2.52. The number of aliphatic hydroxyl groups is 1. The van der Waals surface area contributed by atoms with Crippen molar-refractivity contribution >= 4 is 24.9 Å². The first-order valence-corrected chi connectivity index (χ1v) is 8.07. The summed E-state index contributed by atoms with van der Waals surface area (Å²) in [5.74, 6) is -0.117. The molecule has 2 aromatic rings. The molecule has 2 aliphatic rings. The summed E-state index contributed by atoms with van der Waals surface area (Å²) in [6.07, 6.45) is -2.85. The molecule has 2 aliphatic heterocycles. The van der Waals surface area contributed by atoms with Gasteiger partial charge in [-0.25, -0.2) is 9.55 Å². The minimum absolute atomic E-state index is 0.0230. The lowest BCUT2D eigenvalue weighted by Gasteiger charge is -2.27. The van der Waals surface area contributed by atoms with Crippen molar-refractivity contribution in [2.45, 2.75) is 24.5 Å². The molecule has 4 rings (SSSR count). The number of aromatic nitrogens is 4. The molecule has 23 heavy (non-hydrogen) atoms. The van der Waals surface area contributed by atoms with Gasteiger partial charge in [-0.15, -0.1) is 0 Å². The van der Waals surface area contributed by atoms with Gasteiger partial charge in [0.15, 0.2) is 17.4 Å². The quantitative estimate of drug-likeness (QED) is 0.444. The van der Waals surface area contributed by atoms with E-state index >= 15 is 0 Å². The average Bonchev–Trinajstić information content (AvgIpc) is 3.00. The number of H-pyrrole nitrogens is 1. The molecule has 1 unspecified atom stereocenters. The van der Waals surface area contributed by atoms with Crippen LogP contribution in [0.4, 0.5) is 5.95 Å². The molecule has 4 heterocycles. The lowest BCUT2D eigenvalue weighted by atomic mass is 10.1. The fraction of sp³-hybridized carbons (Fsp3) is 0.500. The van der Waals surface area contributed by atoms with E-state index in [9.17, 15) is 19.4 Å². The number of anilines is 1. The standard InChI is InChI=1S/C10H12N5O7P/c11-10-13-7-4(8(17)14-10)12-2-15(7)9-5(16)6-3(21-9)1-20-23(18,19)22-6/h2-3,5-6,9,16H,1H2,(H,18,19)(H3,11,13,14,17)/t3-,5+,6-,9-/m1/s1. The van der Waals surface area contributed by atoms with Gasteiger partial charge in [-0.1, -0.05) is 0 Å². The largest absolute Gasteiger partial charge is 0.472 e. The first-order chi connectivity index (χ1) is 10.9. The van der Waals surface area contributed by atoms with E-state index in [-0.39, 0.29) is 23.7 Å².